The third-order valence-corrected chi connectivity index (χ3v) is 7.33. The molecule has 2 aromatic rings. The summed E-state index contributed by atoms with van der Waals surface area (Å²) < 4.78 is 38.7. The highest BCUT2D eigenvalue weighted by atomic mass is 32.2. The maximum atomic E-state index is 13.4. The number of carbonyl (C=O) groups excluding carboxylic acids is 1. The molecule has 30 heavy (non-hydrogen) atoms. The van der Waals surface area contributed by atoms with Gasteiger partial charge in [-0.15, -0.1) is 0 Å². The first kappa shape index (κ1) is 22.3. The number of fused-ring (bicyclic) bond motifs is 1. The summed E-state index contributed by atoms with van der Waals surface area (Å²) in [6, 6.07) is 10.5. The second-order valence-electron chi connectivity index (χ2n) is 8.15. The van der Waals surface area contributed by atoms with Crippen LogP contribution in [0.3, 0.4) is 0 Å². The molecule has 0 bridgehead atoms. The van der Waals surface area contributed by atoms with Gasteiger partial charge in [-0.05, 0) is 73.6 Å². The molecule has 1 amide bonds. The zero-order valence-corrected chi connectivity index (χ0v) is 19.3. The van der Waals surface area contributed by atoms with Gasteiger partial charge in [0.25, 0.3) is 5.91 Å². The zero-order chi connectivity index (χ0) is 22.1. The third-order valence-electron chi connectivity index (χ3n) is 4.74. The number of hydrogen-bond acceptors (Lipinski definition) is 6. The second kappa shape index (κ2) is 8.38. The van der Waals surface area contributed by atoms with E-state index in [2.05, 4.69) is 5.48 Å². The number of rotatable bonds is 6. The molecule has 0 fully saturated rings. The Balaban J connectivity index is 1.98. The largest absolute Gasteiger partial charge is 0.497 e. The molecule has 1 heterocycles. The van der Waals surface area contributed by atoms with Crippen LogP contribution in [-0.2, 0) is 32.3 Å². The van der Waals surface area contributed by atoms with Crippen molar-refractivity contribution in [2.45, 2.75) is 43.5 Å². The molecule has 0 saturated heterocycles. The summed E-state index contributed by atoms with van der Waals surface area (Å²) in [6.07, 6.45) is 0.228. The number of nitrogens with one attached hydrogen (secondary N) is 1. The van der Waals surface area contributed by atoms with Crippen molar-refractivity contribution in [1.82, 2.24) is 9.79 Å². The summed E-state index contributed by atoms with van der Waals surface area (Å²) in [5.74, 6) is 0.0560. The Morgan fingerprint density at radius 2 is 1.80 bits per heavy atom. The van der Waals surface area contributed by atoms with Gasteiger partial charge in [0, 0.05) is 12.2 Å². The molecule has 0 saturated carbocycles. The van der Waals surface area contributed by atoms with Crippen LogP contribution in [0.1, 0.15) is 11.1 Å². The van der Waals surface area contributed by atoms with Crippen molar-refractivity contribution >= 4 is 29.9 Å². The van der Waals surface area contributed by atoms with E-state index >= 15 is 0 Å². The lowest BCUT2D eigenvalue weighted by atomic mass is 9.95. The van der Waals surface area contributed by atoms with Gasteiger partial charge in [0.15, 0.2) is 0 Å². The Kier molecular flexibility index (Phi) is 6.23. The van der Waals surface area contributed by atoms with E-state index in [1.807, 2.05) is 25.7 Å². The standard InChI is InChI=1S/C20H27N3O5SSi/c1-27-17-7-9-18(10-8-17)29(25,26)23-13-15-11-16(21)6-5-14(15)12-19(23)20(24)22-28-30(2,3)4/h5-11,19H,12-13,21H2,1-4H3,(H,22,24)/t19-/m1/s1. The van der Waals surface area contributed by atoms with Crippen molar-refractivity contribution in [3.63, 3.8) is 0 Å². The molecule has 1 aliphatic heterocycles. The van der Waals surface area contributed by atoms with Crippen molar-refractivity contribution in [1.29, 1.82) is 0 Å². The molecule has 3 rings (SSSR count). The van der Waals surface area contributed by atoms with Gasteiger partial charge >= 0.3 is 0 Å². The summed E-state index contributed by atoms with van der Waals surface area (Å²) in [7, 11) is -4.49. The van der Waals surface area contributed by atoms with Crippen LogP contribution in [0.15, 0.2) is 47.4 Å². The fourth-order valence-electron chi connectivity index (χ4n) is 3.21. The van der Waals surface area contributed by atoms with Crippen molar-refractivity contribution in [3.05, 3.63) is 53.6 Å². The second-order valence-corrected chi connectivity index (χ2v) is 14.5. The monoisotopic (exact) mass is 449 g/mol. The van der Waals surface area contributed by atoms with E-state index in [4.69, 9.17) is 15.0 Å². The Morgan fingerprint density at radius 1 is 1.13 bits per heavy atom. The Morgan fingerprint density at radius 3 is 2.40 bits per heavy atom. The van der Waals surface area contributed by atoms with Crippen molar-refractivity contribution in [3.8, 4) is 5.75 Å². The molecule has 0 radical (unpaired) electrons. The SMILES string of the molecule is COc1ccc(S(=O)(=O)N2Cc3cc(N)ccc3C[C@@H]2C(=O)NO[Si](C)(C)C)cc1. The molecule has 162 valence electrons. The Labute approximate surface area is 178 Å². The van der Waals surface area contributed by atoms with Crippen LogP contribution >= 0.6 is 0 Å². The van der Waals surface area contributed by atoms with E-state index in [1.165, 1.54) is 23.5 Å². The first-order valence-electron chi connectivity index (χ1n) is 9.52. The fourth-order valence-corrected chi connectivity index (χ4v) is 5.18. The van der Waals surface area contributed by atoms with Crippen molar-refractivity contribution in [2.75, 3.05) is 12.8 Å². The quantitative estimate of drug-likeness (QED) is 0.398. The highest BCUT2D eigenvalue weighted by molar-refractivity contribution is 7.89. The van der Waals surface area contributed by atoms with E-state index < -0.39 is 30.3 Å². The molecule has 0 spiro atoms. The van der Waals surface area contributed by atoms with E-state index in [1.54, 1.807) is 24.3 Å². The number of hydroxylamine groups is 1. The summed E-state index contributed by atoms with van der Waals surface area (Å²) in [5, 5.41) is 0. The molecule has 1 aliphatic rings. The molecule has 0 aliphatic carbocycles. The number of methoxy groups -OCH3 is 1. The number of hydrogen-bond donors (Lipinski definition) is 2. The van der Waals surface area contributed by atoms with Gasteiger partial charge in [0.2, 0.25) is 18.3 Å². The molecular formula is C20H27N3O5SSi. The summed E-state index contributed by atoms with van der Waals surface area (Å²) in [4.78, 5) is 13.0. The molecule has 0 aromatic heterocycles. The summed E-state index contributed by atoms with van der Waals surface area (Å²) in [5.41, 5.74) is 10.6. The third kappa shape index (κ3) is 4.83. The van der Waals surface area contributed by atoms with Crippen LogP contribution in [0.2, 0.25) is 19.6 Å². The molecule has 3 N–H and O–H groups in total. The number of ether oxygens (including phenoxy) is 1. The zero-order valence-electron chi connectivity index (χ0n) is 17.5. The number of nitrogens with two attached hydrogens (primary N) is 1. The molecule has 10 heteroatoms. The van der Waals surface area contributed by atoms with E-state index in [0.29, 0.717) is 11.4 Å². The molecule has 1 atom stereocenters. The number of nitrogen functional groups attached to an aromatic ring is 1. The molecule has 0 unspecified atom stereocenters. The average Bonchev–Trinajstić information content (AvgIpc) is 2.70. The average molecular weight is 450 g/mol. The summed E-state index contributed by atoms with van der Waals surface area (Å²) >= 11 is 0. The lowest BCUT2D eigenvalue weighted by Gasteiger charge is -2.35. The van der Waals surface area contributed by atoms with Gasteiger partial charge in [-0.2, -0.15) is 4.31 Å². The number of amides is 1. The number of sulfonamides is 1. The highest BCUT2D eigenvalue weighted by Crippen LogP contribution is 2.31. The first-order chi connectivity index (χ1) is 14.0. The van der Waals surface area contributed by atoms with Crippen LogP contribution in [0.25, 0.3) is 0 Å². The Hall–Kier alpha value is -2.40. The minimum Gasteiger partial charge on any atom is -0.497 e. The predicted molar refractivity (Wildman–Crippen MR) is 117 cm³/mol. The minimum absolute atomic E-state index is 0.0414. The number of anilines is 1. The highest BCUT2D eigenvalue weighted by Gasteiger charge is 2.40. The van der Waals surface area contributed by atoms with Gasteiger partial charge in [-0.3, -0.25) is 4.79 Å². The van der Waals surface area contributed by atoms with Crippen molar-refractivity contribution in [2.24, 2.45) is 0 Å². The molecular weight excluding hydrogens is 422 g/mol. The lowest BCUT2D eigenvalue weighted by Crippen LogP contribution is -2.53. The van der Waals surface area contributed by atoms with Crippen LogP contribution in [-0.4, -0.2) is 40.1 Å². The number of nitrogens with zero attached hydrogens (tertiary/aromatic N) is 1. The smallest absolute Gasteiger partial charge is 0.261 e. The molecule has 8 nitrogen and oxygen atoms in total. The number of carbonyl (C=O) groups is 1. The first-order valence-corrected chi connectivity index (χ1v) is 14.4. The summed E-state index contributed by atoms with van der Waals surface area (Å²) in [6.45, 7) is 5.83. The van der Waals surface area contributed by atoms with Crippen LogP contribution in [0, 0.1) is 0 Å². The lowest BCUT2D eigenvalue weighted by molar-refractivity contribution is -0.132. The van der Waals surface area contributed by atoms with Gasteiger partial charge in [0.05, 0.1) is 12.0 Å². The topological polar surface area (TPSA) is 111 Å². The normalized spacial score (nSPS) is 17.3. The van der Waals surface area contributed by atoms with Gasteiger partial charge in [-0.1, -0.05) is 6.07 Å². The maximum Gasteiger partial charge on any atom is 0.261 e. The Bertz CT molecular complexity index is 1040. The van der Waals surface area contributed by atoms with E-state index in [-0.39, 0.29) is 17.9 Å². The van der Waals surface area contributed by atoms with E-state index in [0.717, 1.165) is 11.1 Å². The fraction of sp³-hybridized carbons (Fsp3) is 0.350. The van der Waals surface area contributed by atoms with Gasteiger partial charge < -0.3 is 15.0 Å². The maximum absolute atomic E-state index is 13.4. The van der Waals surface area contributed by atoms with Gasteiger partial charge in [0.1, 0.15) is 11.8 Å². The molecule has 2 aromatic carbocycles. The number of benzene rings is 2. The van der Waals surface area contributed by atoms with Gasteiger partial charge in [-0.25, -0.2) is 13.9 Å². The van der Waals surface area contributed by atoms with Crippen molar-refractivity contribution < 1.29 is 22.5 Å². The van der Waals surface area contributed by atoms with Crippen LogP contribution in [0.5, 0.6) is 5.75 Å². The predicted octanol–water partition coefficient (Wildman–Crippen LogP) is 2.28. The van der Waals surface area contributed by atoms with Crippen LogP contribution in [0.4, 0.5) is 5.69 Å². The van der Waals surface area contributed by atoms with Crippen LogP contribution < -0.4 is 16.0 Å². The van der Waals surface area contributed by atoms with E-state index in [9.17, 15) is 13.2 Å². The minimum atomic E-state index is -3.96.